The molecule has 16 heavy (non-hydrogen) atoms. The number of nitrogens with zero attached hydrogens (tertiary/aromatic N) is 2. The molecule has 0 spiro atoms. The van der Waals surface area contributed by atoms with Crippen molar-refractivity contribution < 1.29 is 0 Å². The lowest BCUT2D eigenvalue weighted by molar-refractivity contribution is 0.557. The molecule has 1 aromatic rings. The summed E-state index contributed by atoms with van der Waals surface area (Å²) in [4.78, 5) is 6.63. The molecule has 0 saturated carbocycles. The highest BCUT2D eigenvalue weighted by Crippen LogP contribution is 2.15. The van der Waals surface area contributed by atoms with Gasteiger partial charge in [0, 0.05) is 25.8 Å². The molecule has 1 heterocycles. The summed E-state index contributed by atoms with van der Waals surface area (Å²) in [6.07, 6.45) is 3.06. The summed E-state index contributed by atoms with van der Waals surface area (Å²) in [7, 11) is 2.08. The normalized spacial score (nSPS) is 14.6. The topological polar surface area (TPSA) is 42.1 Å². The largest absolute Gasteiger partial charge is 0.359 e. The van der Waals surface area contributed by atoms with Gasteiger partial charge in [0.2, 0.25) is 0 Å². The highest BCUT2D eigenvalue weighted by Gasteiger charge is 2.07. The maximum absolute atomic E-state index is 5.79. The number of anilines is 1. The molecule has 2 atom stereocenters. The lowest BCUT2D eigenvalue weighted by Crippen LogP contribution is -2.24. The number of rotatable bonds is 5. The molecule has 3 heteroatoms. The van der Waals surface area contributed by atoms with E-state index in [1.54, 1.807) is 0 Å². The number of hydrogen-bond acceptors (Lipinski definition) is 3. The molecule has 90 valence electrons. The van der Waals surface area contributed by atoms with Crippen LogP contribution in [0.4, 0.5) is 5.82 Å². The van der Waals surface area contributed by atoms with Crippen molar-refractivity contribution in [3.63, 3.8) is 0 Å². The molecule has 0 aliphatic rings. The average Bonchev–Trinajstić information content (AvgIpc) is 2.28. The minimum absolute atomic E-state index is 0.0569. The van der Waals surface area contributed by atoms with Crippen LogP contribution < -0.4 is 10.6 Å². The molecule has 0 bridgehead atoms. The maximum Gasteiger partial charge on any atom is 0.128 e. The van der Waals surface area contributed by atoms with Gasteiger partial charge >= 0.3 is 0 Å². The van der Waals surface area contributed by atoms with Crippen LogP contribution in [-0.4, -0.2) is 18.6 Å². The van der Waals surface area contributed by atoms with Crippen molar-refractivity contribution in [2.45, 2.75) is 33.2 Å². The predicted octanol–water partition coefficient (Wildman–Crippen LogP) is 2.58. The van der Waals surface area contributed by atoms with Crippen LogP contribution in [0.3, 0.4) is 0 Å². The Labute approximate surface area is 98.7 Å². The number of aromatic nitrogens is 1. The first-order valence-corrected chi connectivity index (χ1v) is 5.97. The van der Waals surface area contributed by atoms with Crippen LogP contribution in [0.15, 0.2) is 18.3 Å². The van der Waals surface area contributed by atoms with Gasteiger partial charge in [-0.2, -0.15) is 0 Å². The zero-order chi connectivity index (χ0) is 12.1. The Morgan fingerprint density at radius 2 is 2.06 bits per heavy atom. The van der Waals surface area contributed by atoms with Crippen molar-refractivity contribution in [2.75, 3.05) is 18.5 Å². The number of pyridine rings is 1. The van der Waals surface area contributed by atoms with Crippen LogP contribution in [0.5, 0.6) is 0 Å². The fourth-order valence-electron chi connectivity index (χ4n) is 1.58. The lowest BCUT2D eigenvalue weighted by Gasteiger charge is -2.22. The quantitative estimate of drug-likeness (QED) is 0.831. The second-order valence-corrected chi connectivity index (χ2v) is 4.63. The van der Waals surface area contributed by atoms with E-state index in [2.05, 4.69) is 36.8 Å². The molecular weight excluding hydrogens is 198 g/mol. The van der Waals surface area contributed by atoms with E-state index < -0.39 is 0 Å². The second-order valence-electron chi connectivity index (χ2n) is 4.63. The molecular formula is C13H23N3. The fourth-order valence-corrected chi connectivity index (χ4v) is 1.58. The van der Waals surface area contributed by atoms with E-state index in [9.17, 15) is 0 Å². The van der Waals surface area contributed by atoms with E-state index in [0.717, 1.165) is 17.9 Å². The smallest absolute Gasteiger partial charge is 0.128 e. The molecule has 0 aliphatic heterocycles. The molecule has 0 saturated heterocycles. The first kappa shape index (κ1) is 13.0. The molecule has 0 aromatic carbocycles. The van der Waals surface area contributed by atoms with Gasteiger partial charge in [0.05, 0.1) is 0 Å². The van der Waals surface area contributed by atoms with E-state index in [1.165, 1.54) is 6.42 Å². The van der Waals surface area contributed by atoms with E-state index >= 15 is 0 Å². The van der Waals surface area contributed by atoms with Crippen LogP contribution in [-0.2, 0) is 0 Å². The Kier molecular flexibility index (Phi) is 4.74. The van der Waals surface area contributed by atoms with E-state index in [0.29, 0.717) is 5.92 Å². The molecule has 0 fully saturated rings. The van der Waals surface area contributed by atoms with Crippen LogP contribution in [0, 0.1) is 5.92 Å². The average molecular weight is 221 g/mol. The molecule has 1 unspecified atom stereocenters. The summed E-state index contributed by atoms with van der Waals surface area (Å²) >= 11 is 0. The van der Waals surface area contributed by atoms with Gasteiger partial charge in [0.15, 0.2) is 0 Å². The fraction of sp³-hybridized carbons (Fsp3) is 0.615. The highest BCUT2D eigenvalue weighted by molar-refractivity contribution is 5.38. The zero-order valence-electron chi connectivity index (χ0n) is 10.8. The standard InChI is InChI=1S/C13H23N3/c1-5-10(2)9-16(4)13-7-6-12(8-15-13)11(3)14/h6-8,10-11H,5,9,14H2,1-4H3/t10?,11-/m1/s1. The van der Waals surface area contributed by atoms with Crippen molar-refractivity contribution in [1.82, 2.24) is 4.98 Å². The summed E-state index contributed by atoms with van der Waals surface area (Å²) < 4.78 is 0. The van der Waals surface area contributed by atoms with Crippen molar-refractivity contribution in [3.8, 4) is 0 Å². The van der Waals surface area contributed by atoms with Gasteiger partial charge in [0.1, 0.15) is 5.82 Å². The van der Waals surface area contributed by atoms with Crippen LogP contribution in [0.1, 0.15) is 38.8 Å². The minimum atomic E-state index is 0.0569. The number of hydrogen-bond donors (Lipinski definition) is 1. The number of nitrogens with two attached hydrogens (primary N) is 1. The van der Waals surface area contributed by atoms with E-state index in [1.807, 2.05) is 19.2 Å². The summed E-state index contributed by atoms with van der Waals surface area (Å²) in [6, 6.07) is 4.16. The zero-order valence-corrected chi connectivity index (χ0v) is 10.8. The molecule has 3 nitrogen and oxygen atoms in total. The maximum atomic E-state index is 5.79. The predicted molar refractivity (Wildman–Crippen MR) is 69.6 cm³/mol. The molecule has 1 aromatic heterocycles. The van der Waals surface area contributed by atoms with Gasteiger partial charge in [-0.25, -0.2) is 4.98 Å². The van der Waals surface area contributed by atoms with Crippen molar-refractivity contribution >= 4 is 5.82 Å². The summed E-state index contributed by atoms with van der Waals surface area (Å²) in [5, 5.41) is 0. The first-order chi connectivity index (χ1) is 7.54. The van der Waals surface area contributed by atoms with E-state index in [4.69, 9.17) is 5.73 Å². The molecule has 0 aliphatic carbocycles. The summed E-state index contributed by atoms with van der Waals surface area (Å²) in [5.41, 5.74) is 6.87. The van der Waals surface area contributed by atoms with E-state index in [-0.39, 0.29) is 6.04 Å². The van der Waals surface area contributed by atoms with Crippen LogP contribution >= 0.6 is 0 Å². The molecule has 0 amide bonds. The lowest BCUT2D eigenvalue weighted by atomic mass is 10.1. The van der Waals surface area contributed by atoms with Gasteiger partial charge in [-0.1, -0.05) is 26.3 Å². The van der Waals surface area contributed by atoms with Gasteiger partial charge < -0.3 is 10.6 Å². The van der Waals surface area contributed by atoms with Gasteiger partial charge in [-0.15, -0.1) is 0 Å². The van der Waals surface area contributed by atoms with Gasteiger partial charge in [0.25, 0.3) is 0 Å². The van der Waals surface area contributed by atoms with Gasteiger partial charge in [-0.05, 0) is 24.5 Å². The third-order valence-electron chi connectivity index (χ3n) is 2.97. The van der Waals surface area contributed by atoms with Crippen molar-refractivity contribution in [1.29, 1.82) is 0 Å². The van der Waals surface area contributed by atoms with Crippen molar-refractivity contribution in [2.24, 2.45) is 11.7 Å². The highest BCUT2D eigenvalue weighted by atomic mass is 15.2. The summed E-state index contributed by atoms with van der Waals surface area (Å²) in [6.45, 7) is 7.48. The molecule has 2 N–H and O–H groups in total. The summed E-state index contributed by atoms with van der Waals surface area (Å²) in [5.74, 6) is 1.71. The minimum Gasteiger partial charge on any atom is -0.359 e. The van der Waals surface area contributed by atoms with Crippen LogP contribution in [0.2, 0.25) is 0 Å². The van der Waals surface area contributed by atoms with Crippen molar-refractivity contribution in [3.05, 3.63) is 23.9 Å². The Bertz CT molecular complexity index is 305. The first-order valence-electron chi connectivity index (χ1n) is 5.97. The Hall–Kier alpha value is -1.09. The Balaban J connectivity index is 2.66. The molecule has 1 rings (SSSR count). The Morgan fingerprint density at radius 1 is 1.38 bits per heavy atom. The molecule has 0 radical (unpaired) electrons. The second kappa shape index (κ2) is 5.85. The third-order valence-corrected chi connectivity index (χ3v) is 2.97. The van der Waals surface area contributed by atoms with Gasteiger partial charge in [-0.3, -0.25) is 0 Å². The Morgan fingerprint density at radius 3 is 2.50 bits per heavy atom. The van der Waals surface area contributed by atoms with Crippen LogP contribution in [0.25, 0.3) is 0 Å². The SMILES string of the molecule is CCC(C)CN(C)c1ccc([C@@H](C)N)cn1. The monoisotopic (exact) mass is 221 g/mol. The third kappa shape index (κ3) is 3.49.